The standard InChI is InChI=1S/C24H29N5O3/c1-2-28-21-10-11-27(15-17-7-4-3-5-8-17)16-20(21)24(31)29-23(28)19(14-26-29)22(30)25-13-18-9-6-12-32-18/h3-5,7-8,14,18H,2,6,9-13,15-16H2,1H3,(H,25,30)/t18-/m1/s1. The Hall–Kier alpha value is -2.97. The first-order valence-electron chi connectivity index (χ1n) is 11.4. The lowest BCUT2D eigenvalue weighted by Crippen LogP contribution is -2.39. The molecule has 1 fully saturated rings. The maximum Gasteiger partial charge on any atom is 0.279 e. The van der Waals surface area contributed by atoms with E-state index in [1.807, 2.05) is 25.1 Å². The molecule has 8 nitrogen and oxygen atoms in total. The molecular weight excluding hydrogens is 406 g/mol. The number of fused-ring (bicyclic) bond motifs is 2. The van der Waals surface area contributed by atoms with Gasteiger partial charge in [0.15, 0.2) is 5.65 Å². The number of ether oxygens (including phenoxy) is 1. The first-order chi connectivity index (χ1) is 15.7. The number of nitrogens with zero attached hydrogens (tertiary/aromatic N) is 4. The average molecular weight is 436 g/mol. The number of hydrogen-bond donors (Lipinski definition) is 1. The number of aromatic nitrogens is 3. The summed E-state index contributed by atoms with van der Waals surface area (Å²) in [6, 6.07) is 10.3. The largest absolute Gasteiger partial charge is 0.376 e. The third-order valence-corrected chi connectivity index (χ3v) is 6.49. The minimum absolute atomic E-state index is 0.0671. The highest BCUT2D eigenvalue weighted by Crippen LogP contribution is 2.22. The molecule has 2 aromatic heterocycles. The van der Waals surface area contributed by atoms with Crippen molar-refractivity contribution in [2.24, 2.45) is 0 Å². The lowest BCUT2D eigenvalue weighted by molar-refractivity contribution is 0.0858. The summed E-state index contributed by atoms with van der Waals surface area (Å²) >= 11 is 0. The van der Waals surface area contributed by atoms with Crippen LogP contribution in [0.1, 0.15) is 46.9 Å². The minimum atomic E-state index is -0.210. The second-order valence-corrected chi connectivity index (χ2v) is 8.56. The molecule has 1 N–H and O–H groups in total. The Labute approximate surface area is 186 Å². The molecule has 5 rings (SSSR count). The van der Waals surface area contributed by atoms with E-state index in [1.165, 1.54) is 16.3 Å². The molecule has 0 saturated carbocycles. The van der Waals surface area contributed by atoms with Crippen LogP contribution >= 0.6 is 0 Å². The van der Waals surface area contributed by atoms with Gasteiger partial charge in [-0.05, 0) is 25.3 Å². The quantitative estimate of drug-likeness (QED) is 0.641. The van der Waals surface area contributed by atoms with E-state index < -0.39 is 0 Å². The molecule has 3 aromatic rings. The predicted octanol–water partition coefficient (Wildman–Crippen LogP) is 1.98. The molecule has 4 heterocycles. The van der Waals surface area contributed by atoms with Crippen LogP contribution < -0.4 is 10.9 Å². The van der Waals surface area contributed by atoms with Crippen LogP contribution in [0.25, 0.3) is 5.65 Å². The summed E-state index contributed by atoms with van der Waals surface area (Å²) in [6.07, 6.45) is 4.34. The van der Waals surface area contributed by atoms with E-state index in [2.05, 4.69) is 32.0 Å². The summed E-state index contributed by atoms with van der Waals surface area (Å²) in [5.41, 5.74) is 3.92. The van der Waals surface area contributed by atoms with Gasteiger partial charge >= 0.3 is 0 Å². The maximum atomic E-state index is 13.4. The van der Waals surface area contributed by atoms with Gasteiger partial charge in [0.25, 0.3) is 11.5 Å². The molecule has 1 amide bonds. The molecular formula is C24H29N5O3. The highest BCUT2D eigenvalue weighted by molar-refractivity contribution is 5.99. The van der Waals surface area contributed by atoms with E-state index in [-0.39, 0.29) is 17.6 Å². The molecule has 1 atom stereocenters. The molecule has 2 aliphatic rings. The van der Waals surface area contributed by atoms with Crippen LogP contribution in [0.5, 0.6) is 0 Å². The Morgan fingerprint density at radius 2 is 2.12 bits per heavy atom. The zero-order valence-electron chi connectivity index (χ0n) is 18.4. The second-order valence-electron chi connectivity index (χ2n) is 8.56. The fourth-order valence-electron chi connectivity index (χ4n) is 4.89. The van der Waals surface area contributed by atoms with Crippen molar-refractivity contribution in [1.82, 2.24) is 24.4 Å². The van der Waals surface area contributed by atoms with Crippen molar-refractivity contribution in [2.75, 3.05) is 19.7 Å². The van der Waals surface area contributed by atoms with Gasteiger partial charge in [-0.15, -0.1) is 0 Å². The molecule has 32 heavy (non-hydrogen) atoms. The minimum Gasteiger partial charge on any atom is -0.376 e. The molecule has 8 heteroatoms. The number of carbonyl (C=O) groups excluding carboxylic acids is 1. The van der Waals surface area contributed by atoms with Crippen LogP contribution in [0.15, 0.2) is 41.3 Å². The zero-order chi connectivity index (χ0) is 22.1. The van der Waals surface area contributed by atoms with Gasteiger partial charge in [0, 0.05) is 51.4 Å². The molecule has 0 bridgehead atoms. The number of nitrogens with one attached hydrogen (secondary N) is 1. The lowest BCUT2D eigenvalue weighted by atomic mass is 10.0. The van der Waals surface area contributed by atoms with E-state index in [4.69, 9.17) is 4.74 Å². The Morgan fingerprint density at radius 1 is 1.28 bits per heavy atom. The van der Waals surface area contributed by atoms with Crippen molar-refractivity contribution in [1.29, 1.82) is 0 Å². The Bertz CT molecular complexity index is 1180. The number of amides is 1. The highest BCUT2D eigenvalue weighted by Gasteiger charge is 2.27. The number of benzene rings is 1. The molecule has 0 aliphatic carbocycles. The summed E-state index contributed by atoms with van der Waals surface area (Å²) in [5.74, 6) is -0.210. The van der Waals surface area contributed by atoms with E-state index in [9.17, 15) is 9.59 Å². The maximum absolute atomic E-state index is 13.4. The van der Waals surface area contributed by atoms with Gasteiger partial charge in [-0.1, -0.05) is 30.3 Å². The average Bonchev–Trinajstić information content (AvgIpc) is 3.49. The van der Waals surface area contributed by atoms with Crippen LogP contribution in [0.3, 0.4) is 0 Å². The van der Waals surface area contributed by atoms with Crippen molar-refractivity contribution >= 4 is 11.6 Å². The van der Waals surface area contributed by atoms with E-state index in [1.54, 1.807) is 0 Å². The molecule has 168 valence electrons. The van der Waals surface area contributed by atoms with Gasteiger partial charge in [0.2, 0.25) is 0 Å². The fourth-order valence-corrected chi connectivity index (χ4v) is 4.89. The second kappa shape index (κ2) is 8.88. The normalized spacial score (nSPS) is 18.7. The molecule has 0 spiro atoms. The summed E-state index contributed by atoms with van der Waals surface area (Å²) in [6.45, 7) is 6.20. The first-order valence-corrected chi connectivity index (χ1v) is 11.4. The summed E-state index contributed by atoms with van der Waals surface area (Å²) in [4.78, 5) is 28.6. The Morgan fingerprint density at radius 3 is 2.88 bits per heavy atom. The van der Waals surface area contributed by atoms with Gasteiger partial charge in [-0.2, -0.15) is 9.61 Å². The predicted molar refractivity (Wildman–Crippen MR) is 121 cm³/mol. The smallest absolute Gasteiger partial charge is 0.279 e. The Kier molecular flexibility index (Phi) is 5.80. The number of hydrogen-bond acceptors (Lipinski definition) is 5. The van der Waals surface area contributed by atoms with Crippen molar-refractivity contribution in [3.63, 3.8) is 0 Å². The molecule has 0 unspecified atom stereocenters. The van der Waals surface area contributed by atoms with Crippen LogP contribution in [0.4, 0.5) is 0 Å². The fraction of sp³-hybridized carbons (Fsp3) is 0.458. The Balaban J connectivity index is 1.45. The van der Waals surface area contributed by atoms with Crippen molar-refractivity contribution < 1.29 is 9.53 Å². The third kappa shape index (κ3) is 3.84. The van der Waals surface area contributed by atoms with E-state index in [0.717, 1.165) is 50.2 Å². The van der Waals surface area contributed by atoms with Gasteiger partial charge < -0.3 is 14.6 Å². The zero-order valence-corrected chi connectivity index (χ0v) is 18.4. The molecule has 0 radical (unpaired) electrons. The lowest BCUT2D eigenvalue weighted by Gasteiger charge is -2.30. The van der Waals surface area contributed by atoms with Crippen LogP contribution in [0, 0.1) is 0 Å². The van der Waals surface area contributed by atoms with Gasteiger partial charge in [0.1, 0.15) is 5.56 Å². The van der Waals surface area contributed by atoms with Crippen LogP contribution in [0.2, 0.25) is 0 Å². The van der Waals surface area contributed by atoms with E-state index >= 15 is 0 Å². The van der Waals surface area contributed by atoms with Crippen molar-refractivity contribution in [3.8, 4) is 0 Å². The summed E-state index contributed by atoms with van der Waals surface area (Å²) in [7, 11) is 0. The van der Waals surface area contributed by atoms with Crippen LogP contribution in [-0.2, 0) is 30.8 Å². The van der Waals surface area contributed by atoms with Gasteiger partial charge in [-0.3, -0.25) is 14.5 Å². The monoisotopic (exact) mass is 435 g/mol. The number of carbonyl (C=O) groups is 1. The highest BCUT2D eigenvalue weighted by atomic mass is 16.5. The summed E-state index contributed by atoms with van der Waals surface area (Å²) in [5, 5.41) is 7.28. The van der Waals surface area contributed by atoms with E-state index in [0.29, 0.717) is 30.8 Å². The summed E-state index contributed by atoms with van der Waals surface area (Å²) < 4.78 is 9.09. The van der Waals surface area contributed by atoms with Gasteiger partial charge in [0.05, 0.1) is 17.9 Å². The third-order valence-electron chi connectivity index (χ3n) is 6.49. The number of aryl methyl sites for hydroxylation is 1. The number of rotatable bonds is 6. The first kappa shape index (κ1) is 20.9. The van der Waals surface area contributed by atoms with Crippen molar-refractivity contribution in [3.05, 3.63) is 69.3 Å². The van der Waals surface area contributed by atoms with Crippen LogP contribution in [-0.4, -0.2) is 50.8 Å². The molecule has 2 aliphatic heterocycles. The SMILES string of the molecule is CCn1c2c(c(=O)n3ncc(C(=O)NC[C@H]4CCCO4)c13)CN(Cc1ccccc1)CC2. The van der Waals surface area contributed by atoms with Gasteiger partial charge in [-0.25, -0.2) is 0 Å². The topological polar surface area (TPSA) is 80.9 Å². The molecule has 1 saturated heterocycles. The molecule has 1 aromatic carbocycles. The van der Waals surface area contributed by atoms with Crippen molar-refractivity contribution in [2.45, 2.75) is 51.9 Å².